The van der Waals surface area contributed by atoms with E-state index in [9.17, 15) is 14.7 Å². The van der Waals surface area contributed by atoms with Gasteiger partial charge in [-0.2, -0.15) is 0 Å². The van der Waals surface area contributed by atoms with Crippen LogP contribution >= 0.6 is 0 Å². The molecule has 0 aromatic heterocycles. The minimum Gasteiger partial charge on any atom is -0.488 e. The lowest BCUT2D eigenvalue weighted by molar-refractivity contribution is -0.137. The molecule has 1 N–H and O–H groups in total. The molecular formula is C40H39NO4. The molecule has 0 saturated carbocycles. The SMILES string of the molecule is O=C(O)CCN(CCCc1ccccc1)C(=O)c1ccc(-c2ccccc2OCc2ccccc2)cc1CCc1ccccc1. The van der Waals surface area contributed by atoms with Crippen molar-refractivity contribution in [3.05, 3.63) is 161 Å². The van der Waals surface area contributed by atoms with Gasteiger partial charge in [-0.1, -0.05) is 121 Å². The van der Waals surface area contributed by atoms with Crippen molar-refractivity contribution in [2.75, 3.05) is 13.1 Å². The third kappa shape index (κ3) is 9.16. The van der Waals surface area contributed by atoms with Gasteiger partial charge in [0.15, 0.2) is 0 Å². The Bertz CT molecular complexity index is 1670. The van der Waals surface area contributed by atoms with Crippen LogP contribution in [0.4, 0.5) is 0 Å². The van der Waals surface area contributed by atoms with E-state index in [1.165, 1.54) is 11.1 Å². The number of para-hydroxylation sites is 1. The maximum Gasteiger partial charge on any atom is 0.305 e. The number of carboxylic acids is 1. The Labute approximate surface area is 265 Å². The van der Waals surface area contributed by atoms with Gasteiger partial charge in [-0.3, -0.25) is 9.59 Å². The van der Waals surface area contributed by atoms with Gasteiger partial charge < -0.3 is 14.7 Å². The number of amides is 1. The summed E-state index contributed by atoms with van der Waals surface area (Å²) in [7, 11) is 0. The molecule has 0 radical (unpaired) electrons. The highest BCUT2D eigenvalue weighted by Crippen LogP contribution is 2.32. The normalized spacial score (nSPS) is 10.8. The summed E-state index contributed by atoms with van der Waals surface area (Å²) in [5.41, 5.74) is 6.96. The maximum absolute atomic E-state index is 14.1. The molecular weight excluding hydrogens is 558 g/mol. The molecule has 5 rings (SSSR count). The van der Waals surface area contributed by atoms with E-state index in [-0.39, 0.29) is 18.9 Å². The summed E-state index contributed by atoms with van der Waals surface area (Å²) in [5, 5.41) is 9.44. The number of ether oxygens (including phenoxy) is 1. The van der Waals surface area contributed by atoms with Crippen LogP contribution in [0.15, 0.2) is 133 Å². The number of hydrogen-bond donors (Lipinski definition) is 1. The van der Waals surface area contributed by atoms with Gasteiger partial charge in [0.25, 0.3) is 5.91 Å². The maximum atomic E-state index is 14.1. The van der Waals surface area contributed by atoms with Crippen molar-refractivity contribution in [1.29, 1.82) is 0 Å². The van der Waals surface area contributed by atoms with Crippen LogP contribution in [0.25, 0.3) is 11.1 Å². The lowest BCUT2D eigenvalue weighted by atomic mass is 9.94. The molecule has 0 spiro atoms. The molecule has 0 fully saturated rings. The number of nitrogens with zero attached hydrogens (tertiary/aromatic N) is 1. The molecule has 0 heterocycles. The Hall–Kier alpha value is -5.16. The molecule has 0 bridgehead atoms. The van der Waals surface area contributed by atoms with Gasteiger partial charge in [0.2, 0.25) is 0 Å². The number of aliphatic carboxylic acids is 1. The molecule has 228 valence electrons. The molecule has 5 nitrogen and oxygen atoms in total. The van der Waals surface area contributed by atoms with Gasteiger partial charge in [-0.25, -0.2) is 0 Å². The van der Waals surface area contributed by atoms with Crippen molar-refractivity contribution in [3.8, 4) is 16.9 Å². The third-order valence-electron chi connectivity index (χ3n) is 7.92. The molecule has 0 atom stereocenters. The monoisotopic (exact) mass is 597 g/mol. The van der Waals surface area contributed by atoms with Crippen molar-refractivity contribution in [3.63, 3.8) is 0 Å². The van der Waals surface area contributed by atoms with E-state index < -0.39 is 5.97 Å². The van der Waals surface area contributed by atoms with Gasteiger partial charge in [0.1, 0.15) is 12.4 Å². The van der Waals surface area contributed by atoms with Crippen LogP contribution in [0.5, 0.6) is 5.75 Å². The van der Waals surface area contributed by atoms with Crippen molar-refractivity contribution in [1.82, 2.24) is 4.90 Å². The first-order chi connectivity index (χ1) is 22.1. The Kier molecular flexibility index (Phi) is 11.2. The second kappa shape index (κ2) is 16.1. The smallest absolute Gasteiger partial charge is 0.305 e. The van der Waals surface area contributed by atoms with E-state index in [1.54, 1.807) is 4.90 Å². The van der Waals surface area contributed by atoms with Gasteiger partial charge in [0, 0.05) is 24.2 Å². The highest BCUT2D eigenvalue weighted by atomic mass is 16.5. The Balaban J connectivity index is 1.42. The van der Waals surface area contributed by atoms with Crippen LogP contribution in [-0.4, -0.2) is 35.0 Å². The molecule has 1 amide bonds. The predicted octanol–water partition coefficient (Wildman–Crippen LogP) is 8.27. The predicted molar refractivity (Wildman–Crippen MR) is 179 cm³/mol. The topological polar surface area (TPSA) is 66.8 Å². The second-order valence-corrected chi connectivity index (χ2v) is 11.2. The number of carbonyl (C=O) groups excluding carboxylic acids is 1. The van der Waals surface area contributed by atoms with E-state index in [0.29, 0.717) is 25.1 Å². The standard InChI is InChI=1S/C40H39NO4/c42-39(43)26-28-41(27-12-19-31-13-4-1-5-14-31)40(44)37-25-24-34(29-35(37)23-22-32-15-6-2-7-16-32)36-20-10-11-21-38(36)45-30-33-17-8-3-9-18-33/h1-11,13-18,20-21,24-25,29H,12,19,22-23,26-28,30H2,(H,42,43). The highest BCUT2D eigenvalue weighted by Gasteiger charge is 2.21. The molecule has 0 aliphatic heterocycles. The van der Waals surface area contributed by atoms with Crippen LogP contribution in [0, 0.1) is 0 Å². The molecule has 0 unspecified atom stereocenters. The summed E-state index contributed by atoms with van der Waals surface area (Å²) in [6.07, 6.45) is 2.92. The summed E-state index contributed by atoms with van der Waals surface area (Å²) in [6.45, 7) is 1.10. The lowest BCUT2D eigenvalue weighted by Gasteiger charge is -2.24. The van der Waals surface area contributed by atoms with E-state index >= 15 is 0 Å². The zero-order chi connectivity index (χ0) is 31.3. The lowest BCUT2D eigenvalue weighted by Crippen LogP contribution is -2.34. The van der Waals surface area contributed by atoms with Crippen molar-refractivity contribution >= 4 is 11.9 Å². The fourth-order valence-corrected chi connectivity index (χ4v) is 5.50. The van der Waals surface area contributed by atoms with Crippen molar-refractivity contribution < 1.29 is 19.4 Å². The zero-order valence-corrected chi connectivity index (χ0v) is 25.5. The first-order valence-corrected chi connectivity index (χ1v) is 15.5. The Morgan fingerprint density at radius 1 is 0.622 bits per heavy atom. The molecule has 45 heavy (non-hydrogen) atoms. The van der Waals surface area contributed by atoms with Crippen LogP contribution in [0.2, 0.25) is 0 Å². The zero-order valence-electron chi connectivity index (χ0n) is 25.5. The average molecular weight is 598 g/mol. The van der Waals surface area contributed by atoms with E-state index in [0.717, 1.165) is 47.3 Å². The molecule has 5 aromatic carbocycles. The van der Waals surface area contributed by atoms with Crippen molar-refractivity contribution in [2.24, 2.45) is 0 Å². The number of aryl methyl sites for hydroxylation is 3. The fraction of sp³-hybridized carbons (Fsp3) is 0.200. The largest absolute Gasteiger partial charge is 0.488 e. The van der Waals surface area contributed by atoms with E-state index in [1.807, 2.05) is 103 Å². The van der Waals surface area contributed by atoms with Crippen LogP contribution < -0.4 is 4.74 Å². The summed E-state index contributed by atoms with van der Waals surface area (Å²) < 4.78 is 6.27. The number of hydrogen-bond acceptors (Lipinski definition) is 3. The number of rotatable bonds is 15. The summed E-state index contributed by atoms with van der Waals surface area (Å²) >= 11 is 0. The number of carboxylic acid groups (broad SMARTS) is 1. The first-order valence-electron chi connectivity index (χ1n) is 15.5. The van der Waals surface area contributed by atoms with Crippen LogP contribution in [-0.2, 0) is 30.7 Å². The summed E-state index contributed by atoms with van der Waals surface area (Å²) in [4.78, 5) is 27.3. The third-order valence-corrected chi connectivity index (χ3v) is 7.92. The minimum atomic E-state index is -0.914. The van der Waals surface area contributed by atoms with E-state index in [2.05, 4.69) is 30.3 Å². The Morgan fingerprint density at radius 2 is 1.22 bits per heavy atom. The average Bonchev–Trinajstić information content (AvgIpc) is 3.09. The quantitative estimate of drug-likeness (QED) is 0.132. The van der Waals surface area contributed by atoms with E-state index in [4.69, 9.17) is 4.74 Å². The summed E-state index contributed by atoms with van der Waals surface area (Å²) in [6, 6.07) is 44.4. The molecule has 5 aromatic rings. The molecule has 0 saturated heterocycles. The van der Waals surface area contributed by atoms with Crippen molar-refractivity contribution in [2.45, 2.75) is 38.7 Å². The highest BCUT2D eigenvalue weighted by molar-refractivity contribution is 5.96. The van der Waals surface area contributed by atoms with Crippen LogP contribution in [0.1, 0.15) is 45.5 Å². The van der Waals surface area contributed by atoms with Gasteiger partial charge >= 0.3 is 5.97 Å². The molecule has 5 heteroatoms. The Morgan fingerprint density at radius 3 is 1.89 bits per heavy atom. The molecule has 0 aliphatic rings. The second-order valence-electron chi connectivity index (χ2n) is 11.2. The van der Waals surface area contributed by atoms with Crippen LogP contribution in [0.3, 0.4) is 0 Å². The molecule has 0 aliphatic carbocycles. The fourth-order valence-electron chi connectivity index (χ4n) is 5.50. The number of benzene rings is 5. The minimum absolute atomic E-state index is 0.0966. The van der Waals surface area contributed by atoms with Gasteiger partial charge in [-0.15, -0.1) is 0 Å². The number of carbonyl (C=O) groups is 2. The van der Waals surface area contributed by atoms with Gasteiger partial charge in [-0.05, 0) is 65.6 Å². The van der Waals surface area contributed by atoms with Gasteiger partial charge in [0.05, 0.1) is 6.42 Å². The first kappa shape index (κ1) is 31.3. The summed E-state index contributed by atoms with van der Waals surface area (Å²) in [5.74, 6) is -0.270.